The highest BCUT2D eigenvalue weighted by Gasteiger charge is 2.12. The SMILES string of the molecule is CCOC(=O)c1cccnc1NCCNC. The van der Waals surface area contributed by atoms with E-state index in [1.807, 2.05) is 7.05 Å². The average molecular weight is 223 g/mol. The monoisotopic (exact) mass is 223 g/mol. The van der Waals surface area contributed by atoms with E-state index in [9.17, 15) is 4.79 Å². The van der Waals surface area contributed by atoms with Gasteiger partial charge in [0.1, 0.15) is 11.4 Å². The van der Waals surface area contributed by atoms with Gasteiger partial charge in [-0.1, -0.05) is 0 Å². The van der Waals surface area contributed by atoms with Crippen LogP contribution in [-0.2, 0) is 4.74 Å². The number of nitrogens with one attached hydrogen (secondary N) is 2. The van der Waals surface area contributed by atoms with Crippen molar-refractivity contribution in [3.8, 4) is 0 Å². The van der Waals surface area contributed by atoms with E-state index < -0.39 is 0 Å². The number of likely N-dealkylation sites (N-methyl/N-ethyl adjacent to an activating group) is 1. The third-order valence-electron chi connectivity index (χ3n) is 1.97. The van der Waals surface area contributed by atoms with Crippen LogP contribution >= 0.6 is 0 Å². The largest absolute Gasteiger partial charge is 0.462 e. The van der Waals surface area contributed by atoms with Gasteiger partial charge in [0, 0.05) is 19.3 Å². The Hall–Kier alpha value is -1.62. The molecule has 0 unspecified atom stereocenters. The number of nitrogens with zero attached hydrogens (tertiary/aromatic N) is 1. The third kappa shape index (κ3) is 3.51. The van der Waals surface area contributed by atoms with Crippen molar-refractivity contribution in [2.75, 3.05) is 32.1 Å². The first-order valence-corrected chi connectivity index (χ1v) is 5.30. The molecule has 1 aromatic rings. The molecule has 0 aliphatic carbocycles. The number of carbonyl (C=O) groups excluding carboxylic acids is 1. The fourth-order valence-electron chi connectivity index (χ4n) is 1.23. The summed E-state index contributed by atoms with van der Waals surface area (Å²) in [6.45, 7) is 3.66. The summed E-state index contributed by atoms with van der Waals surface area (Å²) in [5.41, 5.74) is 0.473. The number of anilines is 1. The standard InChI is InChI=1S/C11H17N3O2/c1-3-16-11(15)9-5-4-6-13-10(9)14-8-7-12-2/h4-6,12H,3,7-8H2,1-2H3,(H,13,14). The molecule has 16 heavy (non-hydrogen) atoms. The van der Waals surface area contributed by atoms with E-state index in [2.05, 4.69) is 15.6 Å². The smallest absolute Gasteiger partial charge is 0.341 e. The molecule has 5 heteroatoms. The fourth-order valence-corrected chi connectivity index (χ4v) is 1.23. The Morgan fingerprint density at radius 3 is 3.00 bits per heavy atom. The van der Waals surface area contributed by atoms with E-state index in [-0.39, 0.29) is 5.97 Å². The van der Waals surface area contributed by atoms with Gasteiger partial charge in [0.2, 0.25) is 0 Å². The molecule has 0 aliphatic rings. The molecule has 1 heterocycles. The first kappa shape index (κ1) is 12.4. The molecule has 1 aromatic heterocycles. The molecule has 0 aromatic carbocycles. The van der Waals surface area contributed by atoms with Crippen LogP contribution in [0.4, 0.5) is 5.82 Å². The first-order valence-electron chi connectivity index (χ1n) is 5.30. The van der Waals surface area contributed by atoms with Crippen LogP contribution in [0.15, 0.2) is 18.3 Å². The van der Waals surface area contributed by atoms with Gasteiger partial charge in [-0.3, -0.25) is 0 Å². The van der Waals surface area contributed by atoms with Crippen LogP contribution in [-0.4, -0.2) is 37.7 Å². The van der Waals surface area contributed by atoms with Crippen LogP contribution in [0.5, 0.6) is 0 Å². The van der Waals surface area contributed by atoms with Gasteiger partial charge in [0.15, 0.2) is 0 Å². The summed E-state index contributed by atoms with van der Waals surface area (Å²) in [6, 6.07) is 3.42. The zero-order valence-corrected chi connectivity index (χ0v) is 9.62. The van der Waals surface area contributed by atoms with Crippen molar-refractivity contribution in [1.82, 2.24) is 10.3 Å². The lowest BCUT2D eigenvalue weighted by atomic mass is 10.2. The molecule has 0 spiro atoms. The Bertz CT molecular complexity index is 342. The molecular formula is C11H17N3O2. The van der Waals surface area contributed by atoms with Crippen LogP contribution in [0.2, 0.25) is 0 Å². The van der Waals surface area contributed by atoms with Crippen molar-refractivity contribution >= 4 is 11.8 Å². The number of esters is 1. The summed E-state index contributed by atoms with van der Waals surface area (Å²) < 4.78 is 4.94. The van der Waals surface area contributed by atoms with Gasteiger partial charge in [-0.05, 0) is 26.1 Å². The van der Waals surface area contributed by atoms with Crippen LogP contribution in [0.25, 0.3) is 0 Å². The van der Waals surface area contributed by atoms with E-state index in [0.29, 0.717) is 24.5 Å². The lowest BCUT2D eigenvalue weighted by Gasteiger charge is -2.09. The first-order chi connectivity index (χ1) is 7.79. The van der Waals surface area contributed by atoms with Crippen LogP contribution in [0.1, 0.15) is 17.3 Å². The van der Waals surface area contributed by atoms with Gasteiger partial charge in [-0.25, -0.2) is 9.78 Å². The predicted molar refractivity (Wildman–Crippen MR) is 62.6 cm³/mol. The van der Waals surface area contributed by atoms with Crippen molar-refractivity contribution in [3.05, 3.63) is 23.9 Å². The summed E-state index contributed by atoms with van der Waals surface area (Å²) >= 11 is 0. The molecule has 0 fully saturated rings. The molecule has 0 saturated heterocycles. The van der Waals surface area contributed by atoms with Crippen LogP contribution < -0.4 is 10.6 Å². The van der Waals surface area contributed by atoms with E-state index in [1.54, 1.807) is 25.3 Å². The maximum absolute atomic E-state index is 11.6. The second-order valence-electron chi connectivity index (χ2n) is 3.15. The number of hydrogen-bond acceptors (Lipinski definition) is 5. The van der Waals surface area contributed by atoms with Gasteiger partial charge in [-0.15, -0.1) is 0 Å². The second kappa shape index (κ2) is 6.79. The van der Waals surface area contributed by atoms with Crippen molar-refractivity contribution in [3.63, 3.8) is 0 Å². The Balaban J connectivity index is 2.71. The quantitative estimate of drug-likeness (QED) is 0.554. The normalized spacial score (nSPS) is 9.88. The highest BCUT2D eigenvalue weighted by atomic mass is 16.5. The molecule has 0 saturated carbocycles. The van der Waals surface area contributed by atoms with Gasteiger partial charge in [-0.2, -0.15) is 0 Å². The Kier molecular flexibility index (Phi) is 5.28. The number of pyridine rings is 1. The summed E-state index contributed by atoms with van der Waals surface area (Å²) in [4.78, 5) is 15.7. The molecule has 0 amide bonds. The molecule has 0 bridgehead atoms. The number of hydrogen-bond donors (Lipinski definition) is 2. The van der Waals surface area contributed by atoms with Crippen LogP contribution in [0.3, 0.4) is 0 Å². The van der Waals surface area contributed by atoms with E-state index in [0.717, 1.165) is 6.54 Å². The molecule has 0 aliphatic heterocycles. The second-order valence-corrected chi connectivity index (χ2v) is 3.15. The topological polar surface area (TPSA) is 63.2 Å². The molecular weight excluding hydrogens is 206 g/mol. The minimum absolute atomic E-state index is 0.345. The molecule has 2 N–H and O–H groups in total. The number of rotatable bonds is 6. The summed E-state index contributed by atoms with van der Waals surface area (Å²) in [5, 5.41) is 6.08. The molecule has 1 rings (SSSR count). The lowest BCUT2D eigenvalue weighted by molar-refractivity contribution is 0.0527. The Labute approximate surface area is 95.2 Å². The lowest BCUT2D eigenvalue weighted by Crippen LogP contribution is -2.20. The van der Waals surface area contributed by atoms with Crippen molar-refractivity contribution < 1.29 is 9.53 Å². The molecule has 0 atom stereocenters. The number of ether oxygens (including phenoxy) is 1. The number of aromatic nitrogens is 1. The van der Waals surface area contributed by atoms with Gasteiger partial charge in [0.05, 0.1) is 6.61 Å². The maximum atomic E-state index is 11.6. The van der Waals surface area contributed by atoms with Crippen LogP contribution in [0, 0.1) is 0 Å². The van der Waals surface area contributed by atoms with Gasteiger partial charge < -0.3 is 15.4 Å². The number of carbonyl (C=O) groups is 1. The third-order valence-corrected chi connectivity index (χ3v) is 1.97. The Morgan fingerprint density at radius 1 is 1.50 bits per heavy atom. The van der Waals surface area contributed by atoms with E-state index >= 15 is 0 Å². The highest BCUT2D eigenvalue weighted by Crippen LogP contribution is 2.12. The minimum Gasteiger partial charge on any atom is -0.462 e. The zero-order chi connectivity index (χ0) is 11.8. The maximum Gasteiger partial charge on any atom is 0.341 e. The average Bonchev–Trinajstić information content (AvgIpc) is 2.30. The van der Waals surface area contributed by atoms with Crippen molar-refractivity contribution in [1.29, 1.82) is 0 Å². The molecule has 0 radical (unpaired) electrons. The van der Waals surface area contributed by atoms with Gasteiger partial charge in [0.25, 0.3) is 0 Å². The fraction of sp³-hybridized carbons (Fsp3) is 0.455. The summed E-state index contributed by atoms with van der Waals surface area (Å²) in [5.74, 6) is 0.221. The minimum atomic E-state index is -0.345. The predicted octanol–water partition coefficient (Wildman–Crippen LogP) is 0.890. The van der Waals surface area contributed by atoms with Crippen molar-refractivity contribution in [2.24, 2.45) is 0 Å². The summed E-state index contributed by atoms with van der Waals surface area (Å²) in [7, 11) is 1.87. The molecule has 5 nitrogen and oxygen atoms in total. The molecule has 88 valence electrons. The Morgan fingerprint density at radius 2 is 2.31 bits per heavy atom. The van der Waals surface area contributed by atoms with Gasteiger partial charge >= 0.3 is 5.97 Å². The van der Waals surface area contributed by atoms with E-state index in [4.69, 9.17) is 4.74 Å². The van der Waals surface area contributed by atoms with Crippen molar-refractivity contribution in [2.45, 2.75) is 6.92 Å². The summed E-state index contributed by atoms with van der Waals surface area (Å²) in [6.07, 6.45) is 1.64. The highest BCUT2D eigenvalue weighted by molar-refractivity contribution is 5.94. The van der Waals surface area contributed by atoms with E-state index in [1.165, 1.54) is 0 Å². The zero-order valence-electron chi connectivity index (χ0n) is 9.62.